The van der Waals surface area contributed by atoms with E-state index in [1.54, 1.807) is 18.2 Å². The lowest BCUT2D eigenvalue weighted by Crippen LogP contribution is -2.32. The summed E-state index contributed by atoms with van der Waals surface area (Å²) >= 11 is 0. The Kier molecular flexibility index (Phi) is 5.16. The zero-order chi connectivity index (χ0) is 18.7. The molecule has 0 bridgehead atoms. The van der Waals surface area contributed by atoms with Crippen LogP contribution in [0.25, 0.3) is 0 Å². The van der Waals surface area contributed by atoms with E-state index < -0.39 is 16.1 Å². The molecule has 7 heteroatoms. The number of sulfonamides is 1. The van der Waals surface area contributed by atoms with Crippen molar-refractivity contribution in [3.05, 3.63) is 53.6 Å². The molecule has 1 heterocycles. The molecule has 1 atom stereocenters. The lowest BCUT2D eigenvalue weighted by molar-refractivity contribution is 0.171. The van der Waals surface area contributed by atoms with Crippen molar-refractivity contribution in [3.63, 3.8) is 0 Å². The van der Waals surface area contributed by atoms with E-state index in [1.807, 2.05) is 32.0 Å². The van der Waals surface area contributed by atoms with Gasteiger partial charge in [0.25, 0.3) is 0 Å². The van der Waals surface area contributed by atoms with Crippen molar-refractivity contribution in [2.24, 2.45) is 5.92 Å². The number of fused-ring (bicyclic) bond motifs is 1. The van der Waals surface area contributed by atoms with Crippen LogP contribution in [-0.2, 0) is 10.0 Å². The quantitative estimate of drug-likeness (QED) is 0.872. The predicted molar refractivity (Wildman–Crippen MR) is 96.5 cm³/mol. The number of benzene rings is 2. The standard InChI is InChI=1S/C19H20N2O4S/c1-13(2)19(15-6-7-17-18(11-15)25-9-8-24-17)21-26(22,23)16-5-3-4-14(10-16)12-20/h3-7,10-11,13,19,21H,8-9H2,1-2H3/t19-/m1/s1. The average Bonchev–Trinajstić information content (AvgIpc) is 2.65. The summed E-state index contributed by atoms with van der Waals surface area (Å²) in [6, 6.07) is 12.9. The Labute approximate surface area is 153 Å². The predicted octanol–water partition coefficient (Wildman–Crippen LogP) is 3.01. The number of rotatable bonds is 5. The summed E-state index contributed by atoms with van der Waals surface area (Å²) in [7, 11) is -3.78. The fourth-order valence-corrected chi connectivity index (χ4v) is 4.23. The van der Waals surface area contributed by atoms with Crippen molar-refractivity contribution in [2.45, 2.75) is 24.8 Å². The molecule has 1 N–H and O–H groups in total. The highest BCUT2D eigenvalue weighted by Gasteiger charge is 2.25. The average molecular weight is 372 g/mol. The van der Waals surface area contributed by atoms with E-state index in [1.165, 1.54) is 12.1 Å². The second-order valence-electron chi connectivity index (χ2n) is 6.39. The Morgan fingerprint density at radius 2 is 1.81 bits per heavy atom. The first-order valence-corrected chi connectivity index (χ1v) is 9.81. The molecule has 0 saturated heterocycles. The second kappa shape index (κ2) is 7.36. The van der Waals surface area contributed by atoms with Crippen molar-refractivity contribution in [2.75, 3.05) is 13.2 Å². The zero-order valence-electron chi connectivity index (χ0n) is 14.6. The summed E-state index contributed by atoms with van der Waals surface area (Å²) in [4.78, 5) is 0.0692. The molecular weight excluding hydrogens is 352 g/mol. The monoisotopic (exact) mass is 372 g/mol. The smallest absolute Gasteiger partial charge is 0.241 e. The summed E-state index contributed by atoms with van der Waals surface area (Å²) in [6.45, 7) is 4.85. The minimum atomic E-state index is -3.78. The summed E-state index contributed by atoms with van der Waals surface area (Å²) in [5.74, 6) is 1.28. The molecule has 0 unspecified atom stereocenters. The lowest BCUT2D eigenvalue weighted by Gasteiger charge is -2.25. The molecule has 0 amide bonds. The fraction of sp³-hybridized carbons (Fsp3) is 0.316. The molecule has 1 aliphatic heterocycles. The van der Waals surface area contributed by atoms with Gasteiger partial charge in [0, 0.05) is 6.04 Å². The Bertz CT molecular complexity index is 948. The van der Waals surface area contributed by atoms with Crippen molar-refractivity contribution in [1.82, 2.24) is 4.72 Å². The molecule has 0 aliphatic carbocycles. The van der Waals surface area contributed by atoms with Gasteiger partial charge < -0.3 is 9.47 Å². The molecule has 2 aromatic carbocycles. The highest BCUT2D eigenvalue weighted by atomic mass is 32.2. The Balaban J connectivity index is 1.92. The first kappa shape index (κ1) is 18.2. The van der Waals surface area contributed by atoms with Crippen LogP contribution < -0.4 is 14.2 Å². The summed E-state index contributed by atoms with van der Waals surface area (Å²) in [5, 5.41) is 9.00. The molecule has 0 radical (unpaired) electrons. The van der Waals surface area contributed by atoms with Gasteiger partial charge in [0.05, 0.1) is 16.5 Å². The normalized spacial score (nSPS) is 14.7. The van der Waals surface area contributed by atoms with Crippen molar-refractivity contribution < 1.29 is 17.9 Å². The first-order valence-electron chi connectivity index (χ1n) is 8.33. The summed E-state index contributed by atoms with van der Waals surface area (Å²) < 4.78 is 39.5. The highest BCUT2D eigenvalue weighted by Crippen LogP contribution is 2.35. The minimum Gasteiger partial charge on any atom is -0.486 e. The maximum Gasteiger partial charge on any atom is 0.241 e. The molecule has 3 rings (SSSR count). The van der Waals surface area contributed by atoms with Crippen molar-refractivity contribution >= 4 is 10.0 Å². The van der Waals surface area contributed by atoms with Crippen molar-refractivity contribution in [3.8, 4) is 17.6 Å². The molecule has 1 aliphatic rings. The third-order valence-electron chi connectivity index (χ3n) is 4.15. The van der Waals surface area contributed by atoms with E-state index in [0.29, 0.717) is 30.3 Å². The molecular formula is C19H20N2O4S. The minimum absolute atomic E-state index is 0.00600. The Hall–Kier alpha value is -2.56. The van der Waals surface area contributed by atoms with Gasteiger partial charge in [-0.3, -0.25) is 0 Å². The SMILES string of the molecule is CC(C)[C@@H](NS(=O)(=O)c1cccc(C#N)c1)c1ccc2c(c1)OCCO2. The van der Waals surface area contributed by atoms with Gasteiger partial charge in [0.1, 0.15) is 13.2 Å². The van der Waals surface area contributed by atoms with Crippen LogP contribution in [0.2, 0.25) is 0 Å². The number of ether oxygens (including phenoxy) is 2. The van der Waals surface area contributed by atoms with Crippen LogP contribution in [0.15, 0.2) is 47.4 Å². The molecule has 136 valence electrons. The summed E-state index contributed by atoms with van der Waals surface area (Å²) in [6.07, 6.45) is 0. The maximum absolute atomic E-state index is 12.8. The third-order valence-corrected chi connectivity index (χ3v) is 5.59. The third kappa shape index (κ3) is 3.82. The number of nitrogens with one attached hydrogen (secondary N) is 1. The van der Waals surface area contributed by atoms with Gasteiger partial charge >= 0.3 is 0 Å². The molecule has 0 fully saturated rings. The topological polar surface area (TPSA) is 88.4 Å². The van der Waals surface area contributed by atoms with Gasteiger partial charge in [0.15, 0.2) is 11.5 Å². The van der Waals surface area contributed by atoms with E-state index in [0.717, 1.165) is 5.56 Å². The van der Waals surface area contributed by atoms with E-state index in [-0.39, 0.29) is 10.8 Å². The largest absolute Gasteiger partial charge is 0.486 e. The molecule has 0 aromatic heterocycles. The van der Waals surface area contributed by atoms with Crippen LogP contribution in [0.5, 0.6) is 11.5 Å². The Morgan fingerprint density at radius 3 is 2.50 bits per heavy atom. The van der Waals surface area contributed by atoms with E-state index in [2.05, 4.69) is 4.72 Å². The molecule has 26 heavy (non-hydrogen) atoms. The van der Waals surface area contributed by atoms with Gasteiger partial charge in [-0.15, -0.1) is 0 Å². The molecule has 6 nitrogen and oxygen atoms in total. The fourth-order valence-electron chi connectivity index (χ4n) is 2.81. The zero-order valence-corrected chi connectivity index (χ0v) is 15.4. The van der Waals surface area contributed by atoms with Gasteiger partial charge in [0.2, 0.25) is 10.0 Å². The van der Waals surface area contributed by atoms with Gasteiger partial charge in [-0.2, -0.15) is 5.26 Å². The molecule has 0 spiro atoms. The lowest BCUT2D eigenvalue weighted by atomic mass is 9.97. The van der Waals surface area contributed by atoms with Gasteiger partial charge in [-0.1, -0.05) is 26.0 Å². The highest BCUT2D eigenvalue weighted by molar-refractivity contribution is 7.89. The number of nitriles is 1. The van der Waals surface area contributed by atoms with E-state index in [4.69, 9.17) is 14.7 Å². The second-order valence-corrected chi connectivity index (χ2v) is 8.10. The van der Waals surface area contributed by atoms with Crippen LogP contribution in [0.4, 0.5) is 0 Å². The van der Waals surface area contributed by atoms with Crippen LogP contribution in [0.3, 0.4) is 0 Å². The number of hydrogen-bond donors (Lipinski definition) is 1. The molecule has 2 aromatic rings. The maximum atomic E-state index is 12.8. The van der Waals surface area contributed by atoms with Crippen LogP contribution in [-0.4, -0.2) is 21.6 Å². The van der Waals surface area contributed by atoms with Gasteiger partial charge in [-0.25, -0.2) is 13.1 Å². The molecule has 0 saturated carbocycles. The van der Waals surface area contributed by atoms with E-state index in [9.17, 15) is 8.42 Å². The van der Waals surface area contributed by atoms with Gasteiger partial charge in [-0.05, 0) is 41.8 Å². The van der Waals surface area contributed by atoms with Crippen LogP contribution in [0, 0.1) is 17.2 Å². The van der Waals surface area contributed by atoms with Crippen LogP contribution in [0.1, 0.15) is 31.0 Å². The Morgan fingerprint density at radius 1 is 1.08 bits per heavy atom. The number of nitrogens with zero attached hydrogens (tertiary/aromatic N) is 1. The number of hydrogen-bond acceptors (Lipinski definition) is 5. The van der Waals surface area contributed by atoms with E-state index >= 15 is 0 Å². The summed E-state index contributed by atoms with van der Waals surface area (Å²) in [5.41, 5.74) is 1.09. The van der Waals surface area contributed by atoms with Crippen molar-refractivity contribution in [1.29, 1.82) is 5.26 Å². The van der Waals surface area contributed by atoms with Crippen LogP contribution >= 0.6 is 0 Å². The first-order chi connectivity index (χ1) is 12.4.